The van der Waals surface area contributed by atoms with Crippen molar-refractivity contribution in [2.24, 2.45) is 0 Å². The molecule has 0 aromatic heterocycles. The molecule has 1 aromatic carbocycles. The van der Waals surface area contributed by atoms with Gasteiger partial charge in [0.25, 0.3) is 0 Å². The average molecular weight is 237 g/mol. The maximum absolute atomic E-state index is 12.1. The largest absolute Gasteiger partial charge is 0.388 e. The van der Waals surface area contributed by atoms with E-state index < -0.39 is 6.10 Å². The van der Waals surface area contributed by atoms with Crippen LogP contribution in [0.2, 0.25) is 5.02 Å². The second kappa shape index (κ2) is 4.81. The van der Waals surface area contributed by atoms with E-state index in [4.69, 9.17) is 11.6 Å². The lowest BCUT2D eigenvalue weighted by Gasteiger charge is -2.18. The van der Waals surface area contributed by atoms with E-state index in [0.29, 0.717) is 22.6 Å². The number of allylic oxidation sites excluding steroid dienone is 1. The van der Waals surface area contributed by atoms with Crippen molar-refractivity contribution in [1.82, 2.24) is 0 Å². The zero-order valence-corrected chi connectivity index (χ0v) is 9.57. The molecule has 1 aliphatic carbocycles. The van der Waals surface area contributed by atoms with E-state index in [1.165, 1.54) is 0 Å². The normalized spacial score (nSPS) is 20.4. The summed E-state index contributed by atoms with van der Waals surface area (Å²) in [5, 5.41) is 10.3. The number of benzene rings is 1. The molecule has 0 spiro atoms. The standard InChI is InChI=1S/C13H13ClO2/c14-10-7-5-9(6-8-10)13(16)11-3-1-2-4-12(11)15/h3,5-8,12,15H,1-2,4H2/t12-/m1/s1. The molecule has 0 bridgehead atoms. The fourth-order valence-corrected chi connectivity index (χ4v) is 2.00. The van der Waals surface area contributed by atoms with Gasteiger partial charge in [-0.2, -0.15) is 0 Å². The minimum Gasteiger partial charge on any atom is -0.388 e. The molecule has 1 N–H and O–H groups in total. The van der Waals surface area contributed by atoms with Gasteiger partial charge in [0.2, 0.25) is 0 Å². The van der Waals surface area contributed by atoms with Crippen LogP contribution in [0.25, 0.3) is 0 Å². The summed E-state index contributed by atoms with van der Waals surface area (Å²) in [6.45, 7) is 0. The Morgan fingerprint density at radius 1 is 1.31 bits per heavy atom. The molecule has 16 heavy (non-hydrogen) atoms. The van der Waals surface area contributed by atoms with Crippen molar-refractivity contribution in [3.05, 3.63) is 46.5 Å². The molecular weight excluding hydrogens is 224 g/mol. The van der Waals surface area contributed by atoms with E-state index in [0.717, 1.165) is 12.8 Å². The van der Waals surface area contributed by atoms with Crippen LogP contribution in [0.4, 0.5) is 0 Å². The van der Waals surface area contributed by atoms with Gasteiger partial charge in [0.15, 0.2) is 5.78 Å². The van der Waals surface area contributed by atoms with Gasteiger partial charge in [0.1, 0.15) is 0 Å². The van der Waals surface area contributed by atoms with E-state index in [2.05, 4.69) is 0 Å². The number of aliphatic hydroxyl groups excluding tert-OH is 1. The summed E-state index contributed by atoms with van der Waals surface area (Å²) in [4.78, 5) is 12.1. The predicted molar refractivity (Wildman–Crippen MR) is 63.7 cm³/mol. The average Bonchev–Trinajstić information content (AvgIpc) is 2.30. The maximum Gasteiger partial charge on any atom is 0.191 e. The third kappa shape index (κ3) is 2.34. The first kappa shape index (κ1) is 11.4. The van der Waals surface area contributed by atoms with E-state index >= 15 is 0 Å². The van der Waals surface area contributed by atoms with Crippen LogP contribution < -0.4 is 0 Å². The number of ketones is 1. The Labute approximate surface area is 99.5 Å². The lowest BCUT2D eigenvalue weighted by atomic mass is 9.91. The van der Waals surface area contributed by atoms with E-state index in [1.54, 1.807) is 24.3 Å². The molecule has 0 radical (unpaired) electrons. The quantitative estimate of drug-likeness (QED) is 0.802. The molecule has 0 unspecified atom stereocenters. The Bertz CT molecular complexity index is 420. The number of aliphatic hydroxyl groups is 1. The minimum absolute atomic E-state index is 0.0936. The molecule has 0 aliphatic heterocycles. The second-order valence-corrected chi connectivity index (χ2v) is 4.38. The van der Waals surface area contributed by atoms with Gasteiger partial charge in [-0.25, -0.2) is 0 Å². The van der Waals surface area contributed by atoms with Crippen molar-refractivity contribution in [2.75, 3.05) is 0 Å². The summed E-state index contributed by atoms with van der Waals surface area (Å²) in [7, 11) is 0. The number of halogens is 1. The molecule has 0 saturated carbocycles. The Morgan fingerprint density at radius 3 is 2.62 bits per heavy atom. The van der Waals surface area contributed by atoms with E-state index in [1.807, 2.05) is 6.08 Å². The summed E-state index contributed by atoms with van der Waals surface area (Å²) >= 11 is 5.76. The van der Waals surface area contributed by atoms with Crippen molar-refractivity contribution in [3.8, 4) is 0 Å². The molecular formula is C13H13ClO2. The first-order valence-corrected chi connectivity index (χ1v) is 5.74. The molecule has 0 heterocycles. The third-order valence-electron chi connectivity index (χ3n) is 2.77. The number of carbonyl (C=O) groups excluding carboxylic acids is 1. The van der Waals surface area contributed by atoms with Crippen LogP contribution in [0.1, 0.15) is 29.6 Å². The van der Waals surface area contributed by atoms with Crippen molar-refractivity contribution in [2.45, 2.75) is 25.4 Å². The number of Topliss-reactive ketones (excluding diaryl/α,β-unsaturated/α-hetero) is 1. The van der Waals surface area contributed by atoms with Crippen molar-refractivity contribution in [3.63, 3.8) is 0 Å². The predicted octanol–water partition coefficient (Wildman–Crippen LogP) is 2.99. The first-order chi connectivity index (χ1) is 7.68. The van der Waals surface area contributed by atoms with Crippen LogP contribution in [-0.2, 0) is 0 Å². The highest BCUT2D eigenvalue weighted by atomic mass is 35.5. The van der Waals surface area contributed by atoms with Crippen LogP contribution in [0.3, 0.4) is 0 Å². The summed E-state index contributed by atoms with van der Waals surface area (Å²) in [6, 6.07) is 6.74. The highest BCUT2D eigenvalue weighted by Crippen LogP contribution is 2.22. The van der Waals surface area contributed by atoms with Crippen LogP contribution in [0, 0.1) is 0 Å². The molecule has 1 aliphatic rings. The lowest BCUT2D eigenvalue weighted by molar-refractivity contribution is 0.0975. The van der Waals surface area contributed by atoms with Crippen molar-refractivity contribution < 1.29 is 9.90 Å². The van der Waals surface area contributed by atoms with E-state index in [-0.39, 0.29) is 5.78 Å². The number of carbonyl (C=O) groups is 1. The molecule has 1 aromatic rings. The molecule has 2 nitrogen and oxygen atoms in total. The Kier molecular flexibility index (Phi) is 3.42. The molecule has 2 rings (SSSR count). The molecule has 3 heteroatoms. The molecule has 84 valence electrons. The minimum atomic E-state index is -0.614. The zero-order valence-electron chi connectivity index (χ0n) is 8.82. The van der Waals surface area contributed by atoms with Gasteiger partial charge < -0.3 is 5.11 Å². The third-order valence-corrected chi connectivity index (χ3v) is 3.03. The Morgan fingerprint density at radius 2 is 2.00 bits per heavy atom. The maximum atomic E-state index is 12.1. The van der Waals surface area contributed by atoms with Gasteiger partial charge in [-0.1, -0.05) is 17.7 Å². The van der Waals surface area contributed by atoms with E-state index in [9.17, 15) is 9.90 Å². The van der Waals surface area contributed by atoms with Crippen molar-refractivity contribution in [1.29, 1.82) is 0 Å². The van der Waals surface area contributed by atoms with Gasteiger partial charge in [-0.05, 0) is 43.5 Å². The van der Waals surface area contributed by atoms with Crippen molar-refractivity contribution >= 4 is 17.4 Å². The summed E-state index contributed by atoms with van der Waals surface area (Å²) in [5.74, 6) is -0.0936. The van der Waals surface area contributed by atoms with Crippen LogP contribution in [0.15, 0.2) is 35.9 Å². The Hall–Kier alpha value is -1.12. The number of hydrogen-bond acceptors (Lipinski definition) is 2. The summed E-state index contributed by atoms with van der Waals surface area (Å²) in [6.07, 6.45) is 3.71. The fraction of sp³-hybridized carbons (Fsp3) is 0.308. The van der Waals surface area contributed by atoms with Gasteiger partial charge in [-0.3, -0.25) is 4.79 Å². The van der Waals surface area contributed by atoms with Gasteiger partial charge >= 0.3 is 0 Å². The van der Waals surface area contributed by atoms with Gasteiger partial charge in [0, 0.05) is 16.2 Å². The van der Waals surface area contributed by atoms with Crippen LogP contribution in [0.5, 0.6) is 0 Å². The second-order valence-electron chi connectivity index (χ2n) is 3.94. The smallest absolute Gasteiger partial charge is 0.191 e. The first-order valence-electron chi connectivity index (χ1n) is 5.37. The molecule has 0 saturated heterocycles. The highest BCUT2D eigenvalue weighted by Gasteiger charge is 2.22. The fourth-order valence-electron chi connectivity index (χ4n) is 1.87. The SMILES string of the molecule is O=C(C1=CCCC[C@H]1O)c1ccc(Cl)cc1. The topological polar surface area (TPSA) is 37.3 Å². The summed E-state index contributed by atoms with van der Waals surface area (Å²) in [5.41, 5.74) is 1.10. The van der Waals surface area contributed by atoms with Gasteiger partial charge in [-0.15, -0.1) is 0 Å². The van der Waals surface area contributed by atoms with Crippen LogP contribution >= 0.6 is 11.6 Å². The highest BCUT2D eigenvalue weighted by molar-refractivity contribution is 6.30. The Balaban J connectivity index is 2.24. The molecule has 0 amide bonds. The monoisotopic (exact) mass is 236 g/mol. The lowest BCUT2D eigenvalue weighted by Crippen LogP contribution is -2.20. The summed E-state index contributed by atoms with van der Waals surface area (Å²) < 4.78 is 0. The zero-order chi connectivity index (χ0) is 11.5. The van der Waals surface area contributed by atoms with Crippen LogP contribution in [-0.4, -0.2) is 17.0 Å². The molecule has 0 fully saturated rings. The number of hydrogen-bond donors (Lipinski definition) is 1. The number of rotatable bonds is 2. The van der Waals surface area contributed by atoms with Gasteiger partial charge in [0.05, 0.1) is 6.10 Å². The molecule has 1 atom stereocenters.